The van der Waals surface area contributed by atoms with Crippen LogP contribution in [0.4, 0.5) is 18.0 Å². The van der Waals surface area contributed by atoms with E-state index in [4.69, 9.17) is 9.84 Å². The van der Waals surface area contributed by atoms with E-state index in [9.17, 15) is 22.8 Å². The third kappa shape index (κ3) is 7.06. The zero-order valence-corrected chi connectivity index (χ0v) is 13.4. The molecule has 0 aliphatic carbocycles. The number of nitrogens with zero attached hydrogens (tertiary/aromatic N) is 1. The second-order valence-electron chi connectivity index (χ2n) is 6.65. The fourth-order valence-electron chi connectivity index (χ4n) is 2.34. The van der Waals surface area contributed by atoms with Gasteiger partial charge in [0.2, 0.25) is 0 Å². The molecular formula is C14H23F3N2O4. The third-order valence-corrected chi connectivity index (χ3v) is 3.48. The number of alkyl carbamates (subject to hydrolysis) is 1. The van der Waals surface area contributed by atoms with Gasteiger partial charge in [-0.2, -0.15) is 13.2 Å². The number of hydrogen-bond donors (Lipinski definition) is 2. The van der Waals surface area contributed by atoms with Gasteiger partial charge >= 0.3 is 18.2 Å². The first-order valence-corrected chi connectivity index (χ1v) is 7.40. The van der Waals surface area contributed by atoms with Gasteiger partial charge in [-0.15, -0.1) is 0 Å². The lowest BCUT2D eigenvalue weighted by Gasteiger charge is -2.34. The number of carboxylic acids is 1. The van der Waals surface area contributed by atoms with Crippen LogP contribution in [0.2, 0.25) is 0 Å². The van der Waals surface area contributed by atoms with Gasteiger partial charge in [-0.1, -0.05) is 0 Å². The van der Waals surface area contributed by atoms with Crippen molar-refractivity contribution < 1.29 is 32.6 Å². The number of halogens is 3. The molecular weight excluding hydrogens is 317 g/mol. The van der Waals surface area contributed by atoms with Crippen molar-refractivity contribution >= 4 is 12.1 Å². The molecule has 0 aromatic heterocycles. The molecule has 1 unspecified atom stereocenters. The molecule has 2 N–H and O–H groups in total. The summed E-state index contributed by atoms with van der Waals surface area (Å²) in [7, 11) is 0. The van der Waals surface area contributed by atoms with Crippen molar-refractivity contribution in [3.8, 4) is 0 Å². The Labute approximate surface area is 133 Å². The van der Waals surface area contributed by atoms with Crippen molar-refractivity contribution in [2.75, 3.05) is 19.6 Å². The summed E-state index contributed by atoms with van der Waals surface area (Å²) in [6.45, 7) is 5.16. The summed E-state index contributed by atoms with van der Waals surface area (Å²) in [5, 5.41) is 11.4. The fraction of sp³-hybridized carbons (Fsp3) is 0.857. The van der Waals surface area contributed by atoms with E-state index in [1.54, 1.807) is 25.7 Å². The molecule has 0 aromatic carbocycles. The molecule has 134 valence electrons. The molecule has 23 heavy (non-hydrogen) atoms. The van der Waals surface area contributed by atoms with E-state index in [0.717, 1.165) is 0 Å². The number of aliphatic carboxylic acids is 1. The number of piperidine rings is 1. The zero-order valence-electron chi connectivity index (χ0n) is 13.4. The minimum atomic E-state index is -4.22. The number of carboxylic acid groups (broad SMARTS) is 1. The lowest BCUT2D eigenvalue weighted by molar-refractivity contribution is -0.185. The van der Waals surface area contributed by atoms with Crippen LogP contribution in [-0.2, 0) is 9.53 Å². The number of amides is 1. The predicted molar refractivity (Wildman–Crippen MR) is 76.0 cm³/mol. The first kappa shape index (κ1) is 19.5. The maximum atomic E-state index is 12.6. The van der Waals surface area contributed by atoms with Gasteiger partial charge in [0.25, 0.3) is 0 Å². The molecule has 0 aromatic rings. The van der Waals surface area contributed by atoms with E-state index < -0.39 is 35.8 Å². The van der Waals surface area contributed by atoms with Crippen LogP contribution in [0, 0.1) is 5.92 Å². The zero-order chi connectivity index (χ0) is 17.8. The highest BCUT2D eigenvalue weighted by Crippen LogP contribution is 2.34. The summed E-state index contributed by atoms with van der Waals surface area (Å²) in [4.78, 5) is 24.5. The fourth-order valence-corrected chi connectivity index (χ4v) is 2.34. The summed E-state index contributed by atoms with van der Waals surface area (Å²) >= 11 is 0. The molecule has 1 amide bonds. The van der Waals surface area contributed by atoms with Gasteiger partial charge in [-0.05, 0) is 46.7 Å². The van der Waals surface area contributed by atoms with E-state index in [2.05, 4.69) is 5.32 Å². The van der Waals surface area contributed by atoms with Crippen LogP contribution in [-0.4, -0.2) is 59.5 Å². The molecule has 1 heterocycles. The van der Waals surface area contributed by atoms with Gasteiger partial charge < -0.3 is 20.1 Å². The average molecular weight is 340 g/mol. The maximum absolute atomic E-state index is 12.6. The summed E-state index contributed by atoms with van der Waals surface area (Å²) < 4.78 is 42.8. The van der Waals surface area contributed by atoms with Gasteiger partial charge in [0.15, 0.2) is 0 Å². The minimum absolute atomic E-state index is 0.0564. The Morgan fingerprint density at radius 1 is 1.26 bits per heavy atom. The van der Waals surface area contributed by atoms with Gasteiger partial charge in [0.05, 0.1) is 5.92 Å². The normalized spacial score (nSPS) is 19.2. The first-order valence-electron chi connectivity index (χ1n) is 7.40. The number of carbonyl (C=O) groups is 2. The highest BCUT2D eigenvalue weighted by Gasteiger charge is 2.41. The van der Waals surface area contributed by atoms with Crippen molar-refractivity contribution in [3.05, 3.63) is 0 Å². The lowest BCUT2D eigenvalue weighted by atomic mass is 9.96. The summed E-state index contributed by atoms with van der Waals surface area (Å²) in [5.74, 6) is -2.60. The SMILES string of the molecule is CC(C)(C)OC(=O)NC(CN1CCC(C(F)(F)F)CC1)C(=O)O. The molecule has 0 saturated carbocycles. The van der Waals surface area contributed by atoms with Gasteiger partial charge in [0.1, 0.15) is 11.6 Å². The third-order valence-electron chi connectivity index (χ3n) is 3.48. The molecule has 1 fully saturated rings. The predicted octanol–water partition coefficient (Wildman–Crippen LogP) is 2.24. The molecule has 1 saturated heterocycles. The van der Waals surface area contributed by atoms with Crippen molar-refractivity contribution in [2.24, 2.45) is 5.92 Å². The maximum Gasteiger partial charge on any atom is 0.408 e. The molecule has 0 radical (unpaired) electrons. The van der Waals surface area contributed by atoms with Gasteiger partial charge in [-0.3, -0.25) is 0 Å². The van der Waals surface area contributed by atoms with Gasteiger partial charge in [-0.25, -0.2) is 9.59 Å². The second kappa shape index (κ2) is 7.37. The van der Waals surface area contributed by atoms with E-state index in [1.165, 1.54) is 0 Å². The van der Waals surface area contributed by atoms with E-state index in [0.29, 0.717) is 0 Å². The number of carbonyl (C=O) groups excluding carboxylic acids is 1. The van der Waals surface area contributed by atoms with E-state index in [-0.39, 0.29) is 32.5 Å². The quantitative estimate of drug-likeness (QED) is 0.820. The smallest absolute Gasteiger partial charge is 0.408 e. The number of ether oxygens (including phenoxy) is 1. The minimum Gasteiger partial charge on any atom is -0.480 e. The van der Waals surface area contributed by atoms with Crippen LogP contribution in [0.5, 0.6) is 0 Å². The second-order valence-corrected chi connectivity index (χ2v) is 6.65. The number of nitrogens with one attached hydrogen (secondary N) is 1. The summed E-state index contributed by atoms with van der Waals surface area (Å²) in [6, 6.07) is -1.23. The van der Waals surface area contributed by atoms with Gasteiger partial charge in [0, 0.05) is 6.54 Å². The Bertz CT molecular complexity index is 427. The molecule has 1 atom stereocenters. The highest BCUT2D eigenvalue weighted by atomic mass is 19.4. The number of rotatable bonds is 4. The van der Waals surface area contributed by atoms with Crippen molar-refractivity contribution in [1.29, 1.82) is 0 Å². The van der Waals surface area contributed by atoms with Crippen molar-refractivity contribution in [2.45, 2.75) is 51.4 Å². The van der Waals surface area contributed by atoms with Crippen LogP contribution in [0.15, 0.2) is 0 Å². The Morgan fingerprint density at radius 2 is 1.78 bits per heavy atom. The van der Waals surface area contributed by atoms with E-state index >= 15 is 0 Å². The molecule has 1 aliphatic rings. The topological polar surface area (TPSA) is 78.9 Å². The molecule has 0 spiro atoms. The molecule has 0 bridgehead atoms. The first-order chi connectivity index (χ1) is 10.4. The molecule has 1 aliphatic heterocycles. The number of alkyl halides is 3. The monoisotopic (exact) mass is 340 g/mol. The van der Waals surface area contributed by atoms with Crippen LogP contribution in [0.25, 0.3) is 0 Å². The Balaban J connectivity index is 2.52. The Morgan fingerprint density at radius 3 is 2.17 bits per heavy atom. The molecule has 1 rings (SSSR count). The van der Waals surface area contributed by atoms with Crippen LogP contribution >= 0.6 is 0 Å². The standard InChI is InChI=1S/C14H23F3N2O4/c1-13(2,3)23-12(22)18-10(11(20)21)8-19-6-4-9(5-7-19)14(15,16)17/h9-10H,4-8H2,1-3H3,(H,18,22)(H,20,21). The molecule has 6 nitrogen and oxygen atoms in total. The van der Waals surface area contributed by atoms with Crippen LogP contribution < -0.4 is 5.32 Å². The molecule has 9 heteroatoms. The Hall–Kier alpha value is -1.51. The lowest BCUT2D eigenvalue weighted by Crippen LogP contribution is -2.51. The Kier molecular flexibility index (Phi) is 6.26. The van der Waals surface area contributed by atoms with Crippen molar-refractivity contribution in [1.82, 2.24) is 10.2 Å². The average Bonchev–Trinajstić information content (AvgIpc) is 2.35. The van der Waals surface area contributed by atoms with Crippen molar-refractivity contribution in [3.63, 3.8) is 0 Å². The summed E-state index contributed by atoms with van der Waals surface area (Å²) in [6.07, 6.45) is -5.22. The number of likely N-dealkylation sites (tertiary alicyclic amines) is 1. The van der Waals surface area contributed by atoms with Crippen LogP contribution in [0.1, 0.15) is 33.6 Å². The number of hydrogen-bond acceptors (Lipinski definition) is 4. The summed E-state index contributed by atoms with van der Waals surface area (Å²) in [5.41, 5.74) is -0.766. The van der Waals surface area contributed by atoms with Crippen LogP contribution in [0.3, 0.4) is 0 Å². The highest BCUT2D eigenvalue weighted by molar-refractivity contribution is 5.80. The largest absolute Gasteiger partial charge is 0.480 e. The van der Waals surface area contributed by atoms with E-state index in [1.807, 2.05) is 0 Å².